The molecule has 0 aliphatic rings. The molecule has 21 heavy (non-hydrogen) atoms. The van der Waals surface area contributed by atoms with Crippen LogP contribution in [-0.2, 0) is 0 Å². The molecule has 4 heteroatoms. The summed E-state index contributed by atoms with van der Waals surface area (Å²) in [5.41, 5.74) is 2.66. The first-order chi connectivity index (χ1) is 9.86. The number of ether oxygens (including phenoxy) is 1. The predicted molar refractivity (Wildman–Crippen MR) is 86.8 cm³/mol. The lowest BCUT2D eigenvalue weighted by molar-refractivity contribution is 0.0817. The van der Waals surface area contributed by atoms with Gasteiger partial charge in [0.05, 0.1) is 0 Å². The number of hydrogen-bond donors (Lipinski definition) is 0. The maximum Gasteiger partial charge on any atom is 0.203 e. The maximum absolute atomic E-state index is 12.5. The molecular weight excluding hydrogens is 307 g/mol. The van der Waals surface area contributed by atoms with Crippen molar-refractivity contribution in [2.75, 3.05) is 0 Å². The highest BCUT2D eigenvalue weighted by molar-refractivity contribution is 6.34. The molecule has 0 aliphatic heterocycles. The van der Waals surface area contributed by atoms with Gasteiger partial charge in [-0.05, 0) is 50.6 Å². The summed E-state index contributed by atoms with van der Waals surface area (Å²) in [4.78, 5) is 12.5. The molecule has 1 atom stereocenters. The van der Waals surface area contributed by atoms with Crippen LogP contribution in [0.15, 0.2) is 36.4 Å². The van der Waals surface area contributed by atoms with Crippen molar-refractivity contribution in [2.24, 2.45) is 0 Å². The molecule has 2 nitrogen and oxygen atoms in total. The zero-order chi connectivity index (χ0) is 15.6. The van der Waals surface area contributed by atoms with Crippen molar-refractivity contribution in [1.29, 1.82) is 0 Å². The van der Waals surface area contributed by atoms with E-state index in [0.29, 0.717) is 21.4 Å². The topological polar surface area (TPSA) is 26.3 Å². The fourth-order valence-electron chi connectivity index (χ4n) is 2.07. The SMILES string of the molecule is Cc1ccc(C)c(C(=O)C(C)Oc2cc(Cl)cc(Cl)c2)c1. The number of carbonyl (C=O) groups excluding carboxylic acids is 1. The van der Waals surface area contributed by atoms with E-state index in [-0.39, 0.29) is 5.78 Å². The molecule has 0 saturated carbocycles. The molecule has 0 saturated heterocycles. The van der Waals surface area contributed by atoms with Crippen LogP contribution in [0.4, 0.5) is 0 Å². The van der Waals surface area contributed by atoms with E-state index in [1.165, 1.54) is 0 Å². The molecule has 0 bridgehead atoms. The van der Waals surface area contributed by atoms with Gasteiger partial charge < -0.3 is 4.74 Å². The molecule has 2 rings (SSSR count). The van der Waals surface area contributed by atoms with Crippen LogP contribution in [0.25, 0.3) is 0 Å². The van der Waals surface area contributed by atoms with Crippen LogP contribution in [0, 0.1) is 13.8 Å². The standard InChI is InChI=1S/C17H16Cl2O2/c1-10-4-5-11(2)16(6-10)17(20)12(3)21-15-8-13(18)7-14(19)9-15/h4-9,12H,1-3H3. The predicted octanol–water partition coefficient (Wildman–Crippen LogP) is 5.26. The number of halogens is 2. The van der Waals surface area contributed by atoms with Crippen LogP contribution in [0.3, 0.4) is 0 Å². The minimum atomic E-state index is -0.611. The lowest BCUT2D eigenvalue weighted by Crippen LogP contribution is -2.24. The first-order valence-electron chi connectivity index (χ1n) is 6.61. The van der Waals surface area contributed by atoms with Crippen molar-refractivity contribution < 1.29 is 9.53 Å². The van der Waals surface area contributed by atoms with Gasteiger partial charge in [-0.15, -0.1) is 0 Å². The molecular formula is C17H16Cl2O2. The molecule has 0 amide bonds. The first-order valence-corrected chi connectivity index (χ1v) is 7.36. The molecule has 0 N–H and O–H groups in total. The van der Waals surface area contributed by atoms with Gasteiger partial charge in [0.1, 0.15) is 5.75 Å². The van der Waals surface area contributed by atoms with Crippen LogP contribution in [0.1, 0.15) is 28.4 Å². The molecule has 2 aromatic rings. The van der Waals surface area contributed by atoms with Crippen molar-refractivity contribution in [3.05, 3.63) is 63.1 Å². The highest BCUT2D eigenvalue weighted by Crippen LogP contribution is 2.25. The highest BCUT2D eigenvalue weighted by Gasteiger charge is 2.19. The summed E-state index contributed by atoms with van der Waals surface area (Å²) in [5.74, 6) is 0.422. The second kappa shape index (κ2) is 6.50. The number of Topliss-reactive ketones (excluding diaryl/α,β-unsaturated/α-hetero) is 1. The van der Waals surface area contributed by atoms with E-state index in [1.807, 2.05) is 32.0 Å². The largest absolute Gasteiger partial charge is 0.482 e. The molecule has 2 aromatic carbocycles. The maximum atomic E-state index is 12.5. The smallest absolute Gasteiger partial charge is 0.203 e. The zero-order valence-corrected chi connectivity index (χ0v) is 13.6. The third-order valence-corrected chi connectivity index (χ3v) is 3.61. The highest BCUT2D eigenvalue weighted by atomic mass is 35.5. The Hall–Kier alpha value is -1.51. The van der Waals surface area contributed by atoms with Crippen molar-refractivity contribution in [3.63, 3.8) is 0 Å². The summed E-state index contributed by atoms with van der Waals surface area (Å²) in [6, 6.07) is 10.7. The fraction of sp³-hybridized carbons (Fsp3) is 0.235. The van der Waals surface area contributed by atoms with E-state index in [4.69, 9.17) is 27.9 Å². The summed E-state index contributed by atoms with van der Waals surface area (Å²) in [5, 5.41) is 0.952. The zero-order valence-electron chi connectivity index (χ0n) is 12.1. The average Bonchev–Trinajstić information content (AvgIpc) is 2.39. The second-order valence-corrected chi connectivity index (χ2v) is 5.92. The molecule has 0 aromatic heterocycles. The first kappa shape index (κ1) is 15.9. The van der Waals surface area contributed by atoms with E-state index in [9.17, 15) is 4.79 Å². The van der Waals surface area contributed by atoms with Gasteiger partial charge >= 0.3 is 0 Å². The molecule has 110 valence electrons. The molecule has 0 aliphatic carbocycles. The van der Waals surface area contributed by atoms with Crippen molar-refractivity contribution >= 4 is 29.0 Å². The lowest BCUT2D eigenvalue weighted by Gasteiger charge is -2.16. The average molecular weight is 323 g/mol. The van der Waals surface area contributed by atoms with Gasteiger partial charge in [0.2, 0.25) is 5.78 Å². The minimum absolute atomic E-state index is 0.0627. The van der Waals surface area contributed by atoms with Gasteiger partial charge in [-0.3, -0.25) is 4.79 Å². The van der Waals surface area contributed by atoms with Gasteiger partial charge in [0, 0.05) is 15.6 Å². The van der Waals surface area contributed by atoms with Gasteiger partial charge in [-0.25, -0.2) is 0 Å². The van der Waals surface area contributed by atoms with E-state index >= 15 is 0 Å². The van der Waals surface area contributed by atoms with Crippen molar-refractivity contribution in [1.82, 2.24) is 0 Å². The Morgan fingerprint density at radius 1 is 1.05 bits per heavy atom. The number of benzene rings is 2. The Kier molecular flexibility index (Phi) is 4.92. The summed E-state index contributed by atoms with van der Waals surface area (Å²) in [6.45, 7) is 5.59. The van der Waals surface area contributed by atoms with E-state index in [1.54, 1.807) is 25.1 Å². The third-order valence-electron chi connectivity index (χ3n) is 3.18. The van der Waals surface area contributed by atoms with E-state index in [2.05, 4.69) is 0 Å². The number of hydrogen-bond acceptors (Lipinski definition) is 2. The summed E-state index contributed by atoms with van der Waals surface area (Å²) in [7, 11) is 0. The summed E-state index contributed by atoms with van der Waals surface area (Å²) in [6.07, 6.45) is -0.611. The fourth-order valence-corrected chi connectivity index (χ4v) is 2.58. The monoisotopic (exact) mass is 322 g/mol. The Morgan fingerprint density at radius 3 is 2.29 bits per heavy atom. The van der Waals surface area contributed by atoms with Crippen molar-refractivity contribution in [3.8, 4) is 5.75 Å². The molecule has 0 radical (unpaired) electrons. The van der Waals surface area contributed by atoms with Crippen LogP contribution in [-0.4, -0.2) is 11.9 Å². The minimum Gasteiger partial charge on any atom is -0.482 e. The van der Waals surface area contributed by atoms with Gasteiger partial charge in [-0.1, -0.05) is 40.9 Å². The van der Waals surface area contributed by atoms with Crippen LogP contribution in [0.5, 0.6) is 5.75 Å². The number of ketones is 1. The normalized spacial score (nSPS) is 12.0. The lowest BCUT2D eigenvalue weighted by atomic mass is 9.99. The molecule has 1 unspecified atom stereocenters. The van der Waals surface area contributed by atoms with Gasteiger partial charge in [0.15, 0.2) is 6.10 Å². The molecule has 0 spiro atoms. The Bertz CT molecular complexity index is 660. The van der Waals surface area contributed by atoms with E-state index in [0.717, 1.165) is 11.1 Å². The van der Waals surface area contributed by atoms with E-state index < -0.39 is 6.10 Å². The van der Waals surface area contributed by atoms with Gasteiger partial charge in [0.25, 0.3) is 0 Å². The number of carbonyl (C=O) groups is 1. The quantitative estimate of drug-likeness (QED) is 0.717. The third kappa shape index (κ3) is 3.99. The number of aryl methyl sites for hydroxylation is 2. The Morgan fingerprint density at radius 2 is 1.67 bits per heavy atom. The number of rotatable bonds is 4. The second-order valence-electron chi connectivity index (χ2n) is 5.05. The van der Waals surface area contributed by atoms with Gasteiger partial charge in [-0.2, -0.15) is 0 Å². The Labute approximate surface area is 134 Å². The molecule has 0 fully saturated rings. The molecule has 0 heterocycles. The van der Waals surface area contributed by atoms with Crippen LogP contribution < -0.4 is 4.74 Å². The summed E-state index contributed by atoms with van der Waals surface area (Å²) < 4.78 is 5.67. The Balaban J connectivity index is 2.21. The van der Waals surface area contributed by atoms with Crippen molar-refractivity contribution in [2.45, 2.75) is 26.9 Å². The van der Waals surface area contributed by atoms with Crippen LogP contribution >= 0.6 is 23.2 Å². The summed E-state index contributed by atoms with van der Waals surface area (Å²) >= 11 is 11.9. The van der Waals surface area contributed by atoms with Crippen LogP contribution in [0.2, 0.25) is 10.0 Å².